The van der Waals surface area contributed by atoms with Crippen molar-refractivity contribution in [1.29, 1.82) is 0 Å². The Kier molecular flexibility index (Phi) is 3.64. The molecule has 1 aromatic rings. The highest BCUT2D eigenvalue weighted by Crippen LogP contribution is 2.28. The molecule has 0 saturated carbocycles. The molecular weight excluding hydrogens is 224 g/mol. The zero-order valence-corrected chi connectivity index (χ0v) is 10.8. The second-order valence-corrected chi connectivity index (χ2v) is 5.62. The lowest BCUT2D eigenvalue weighted by Gasteiger charge is -2.20. The molecule has 16 heavy (non-hydrogen) atoms. The van der Waals surface area contributed by atoms with E-state index in [2.05, 4.69) is 20.8 Å². The first-order chi connectivity index (χ1) is 7.23. The molecule has 0 aromatic heterocycles. The number of phenolic OH excluding ortho intramolecular Hbond substituents is 1. The predicted octanol–water partition coefficient (Wildman–Crippen LogP) is 3.50. The van der Waals surface area contributed by atoms with Crippen molar-refractivity contribution in [2.75, 3.05) is 0 Å². The summed E-state index contributed by atoms with van der Waals surface area (Å²) in [6.07, 6.45) is 0. The third-order valence-corrected chi connectivity index (χ3v) is 2.69. The Morgan fingerprint density at radius 2 is 1.94 bits per heavy atom. The summed E-state index contributed by atoms with van der Waals surface area (Å²) in [5.41, 5.74) is 1.25. The number of hydrogen-bond acceptors (Lipinski definition) is 2. The molecular formula is C13H17ClO2. The summed E-state index contributed by atoms with van der Waals surface area (Å²) in [5, 5.41) is 9.02. The van der Waals surface area contributed by atoms with Gasteiger partial charge in [-0.15, -0.1) is 11.6 Å². The van der Waals surface area contributed by atoms with Gasteiger partial charge in [-0.2, -0.15) is 0 Å². The molecule has 0 bridgehead atoms. The number of Topliss-reactive ketones (excluding diaryl/α,β-unsaturated/α-hetero) is 1. The summed E-state index contributed by atoms with van der Waals surface area (Å²) in [6, 6.07) is 5.09. The zero-order valence-electron chi connectivity index (χ0n) is 10.0. The largest absolute Gasteiger partial charge is 0.507 e. The summed E-state index contributed by atoms with van der Waals surface area (Å²) >= 11 is 5.74. The van der Waals surface area contributed by atoms with Gasteiger partial charge in [0.2, 0.25) is 0 Å². The first kappa shape index (κ1) is 13.0. The Morgan fingerprint density at radius 1 is 1.38 bits per heavy atom. The quantitative estimate of drug-likeness (QED) is 0.635. The standard InChI is InChI=1S/C13H17ClO2/c1-8(14)12(16)10-7-9(13(2,3)4)5-6-11(10)15/h5-8,15H,1-4H3. The maximum absolute atomic E-state index is 11.8. The fraction of sp³-hybridized carbons (Fsp3) is 0.462. The minimum atomic E-state index is -0.624. The number of aromatic hydroxyl groups is 1. The van der Waals surface area contributed by atoms with E-state index in [0.717, 1.165) is 5.56 Å². The Balaban J connectivity index is 3.25. The molecule has 88 valence electrons. The molecule has 1 atom stereocenters. The number of halogens is 1. The number of alkyl halides is 1. The van der Waals surface area contributed by atoms with Crippen molar-refractivity contribution in [3.63, 3.8) is 0 Å². The zero-order chi connectivity index (χ0) is 12.5. The Morgan fingerprint density at radius 3 is 2.38 bits per heavy atom. The van der Waals surface area contributed by atoms with E-state index in [4.69, 9.17) is 11.6 Å². The normalized spacial score (nSPS) is 13.6. The first-order valence-corrected chi connectivity index (χ1v) is 5.69. The summed E-state index contributed by atoms with van der Waals surface area (Å²) in [5.74, 6) is -0.254. The molecule has 0 aliphatic rings. The topological polar surface area (TPSA) is 37.3 Å². The fourth-order valence-corrected chi connectivity index (χ4v) is 1.53. The van der Waals surface area contributed by atoms with E-state index in [1.807, 2.05) is 6.07 Å². The molecule has 0 heterocycles. The molecule has 0 saturated heterocycles. The Hall–Kier alpha value is -1.02. The third-order valence-electron chi connectivity index (χ3n) is 2.49. The second-order valence-electron chi connectivity index (χ2n) is 4.96. The molecule has 1 N–H and O–H groups in total. The minimum absolute atomic E-state index is 0.00880. The molecule has 0 amide bonds. The summed E-state index contributed by atoms with van der Waals surface area (Å²) in [4.78, 5) is 11.8. The highest BCUT2D eigenvalue weighted by molar-refractivity contribution is 6.33. The van der Waals surface area contributed by atoms with Crippen molar-refractivity contribution in [1.82, 2.24) is 0 Å². The number of benzene rings is 1. The van der Waals surface area contributed by atoms with Crippen LogP contribution < -0.4 is 0 Å². The maximum atomic E-state index is 11.8. The van der Waals surface area contributed by atoms with Crippen LogP contribution in [0.1, 0.15) is 43.6 Å². The van der Waals surface area contributed by atoms with Gasteiger partial charge in [0.15, 0.2) is 5.78 Å². The van der Waals surface area contributed by atoms with E-state index in [1.54, 1.807) is 19.1 Å². The number of carbonyl (C=O) groups is 1. The van der Waals surface area contributed by atoms with Crippen LogP contribution in [-0.4, -0.2) is 16.3 Å². The van der Waals surface area contributed by atoms with Crippen LogP contribution in [0.5, 0.6) is 5.75 Å². The van der Waals surface area contributed by atoms with Crippen LogP contribution in [0, 0.1) is 0 Å². The number of carbonyl (C=O) groups excluding carboxylic acids is 1. The highest BCUT2D eigenvalue weighted by Gasteiger charge is 2.20. The van der Waals surface area contributed by atoms with Crippen molar-refractivity contribution in [3.05, 3.63) is 29.3 Å². The fourth-order valence-electron chi connectivity index (χ4n) is 1.41. The van der Waals surface area contributed by atoms with Crippen LogP contribution in [-0.2, 0) is 5.41 Å². The van der Waals surface area contributed by atoms with Gasteiger partial charge in [0.1, 0.15) is 5.75 Å². The lowest BCUT2D eigenvalue weighted by molar-refractivity contribution is 0.0989. The molecule has 1 rings (SSSR count). The molecule has 0 radical (unpaired) electrons. The van der Waals surface area contributed by atoms with E-state index >= 15 is 0 Å². The minimum Gasteiger partial charge on any atom is -0.507 e. The van der Waals surface area contributed by atoms with Crippen molar-refractivity contribution in [2.45, 2.75) is 38.5 Å². The number of phenols is 1. The second kappa shape index (κ2) is 4.46. The number of ketones is 1. The molecule has 0 aliphatic heterocycles. The van der Waals surface area contributed by atoms with Gasteiger partial charge in [-0.1, -0.05) is 26.8 Å². The van der Waals surface area contributed by atoms with Crippen molar-refractivity contribution in [3.8, 4) is 5.75 Å². The molecule has 2 nitrogen and oxygen atoms in total. The van der Waals surface area contributed by atoms with Crippen LogP contribution in [0.3, 0.4) is 0 Å². The molecule has 0 aliphatic carbocycles. The van der Waals surface area contributed by atoms with E-state index in [9.17, 15) is 9.90 Å². The van der Waals surface area contributed by atoms with Crippen molar-refractivity contribution < 1.29 is 9.90 Å². The lowest BCUT2D eigenvalue weighted by atomic mass is 9.85. The SMILES string of the molecule is CC(Cl)C(=O)c1cc(C(C)(C)C)ccc1O. The average Bonchev–Trinajstić information content (AvgIpc) is 2.15. The van der Waals surface area contributed by atoms with Crippen LogP contribution in [0.4, 0.5) is 0 Å². The predicted molar refractivity (Wildman–Crippen MR) is 66.5 cm³/mol. The number of hydrogen-bond donors (Lipinski definition) is 1. The van der Waals surface area contributed by atoms with E-state index in [0.29, 0.717) is 5.56 Å². The molecule has 3 heteroatoms. The Labute approximate surface area is 101 Å². The van der Waals surface area contributed by atoms with Gasteiger partial charge >= 0.3 is 0 Å². The van der Waals surface area contributed by atoms with E-state index in [1.165, 1.54) is 0 Å². The van der Waals surface area contributed by atoms with Gasteiger partial charge in [0.25, 0.3) is 0 Å². The third kappa shape index (κ3) is 2.76. The van der Waals surface area contributed by atoms with Crippen molar-refractivity contribution >= 4 is 17.4 Å². The van der Waals surface area contributed by atoms with Gasteiger partial charge in [-0.05, 0) is 30.0 Å². The smallest absolute Gasteiger partial charge is 0.184 e. The molecule has 1 unspecified atom stereocenters. The van der Waals surface area contributed by atoms with Crippen LogP contribution in [0.15, 0.2) is 18.2 Å². The monoisotopic (exact) mass is 240 g/mol. The van der Waals surface area contributed by atoms with Gasteiger partial charge in [0, 0.05) is 0 Å². The van der Waals surface area contributed by atoms with Gasteiger partial charge in [0.05, 0.1) is 10.9 Å². The summed E-state index contributed by atoms with van der Waals surface area (Å²) < 4.78 is 0. The Bertz CT molecular complexity index is 403. The average molecular weight is 241 g/mol. The first-order valence-electron chi connectivity index (χ1n) is 5.25. The maximum Gasteiger partial charge on any atom is 0.184 e. The van der Waals surface area contributed by atoms with E-state index < -0.39 is 5.38 Å². The molecule has 1 aromatic carbocycles. The van der Waals surface area contributed by atoms with Crippen LogP contribution in [0.2, 0.25) is 0 Å². The molecule has 0 fully saturated rings. The van der Waals surface area contributed by atoms with Crippen LogP contribution >= 0.6 is 11.6 Å². The van der Waals surface area contributed by atoms with Crippen LogP contribution in [0.25, 0.3) is 0 Å². The van der Waals surface area contributed by atoms with E-state index in [-0.39, 0.29) is 16.9 Å². The van der Waals surface area contributed by atoms with Gasteiger partial charge < -0.3 is 5.11 Å². The highest BCUT2D eigenvalue weighted by atomic mass is 35.5. The van der Waals surface area contributed by atoms with Gasteiger partial charge in [-0.25, -0.2) is 0 Å². The summed E-state index contributed by atoms with van der Waals surface area (Å²) in [7, 11) is 0. The van der Waals surface area contributed by atoms with Crippen molar-refractivity contribution in [2.24, 2.45) is 0 Å². The molecule has 0 spiro atoms. The number of rotatable bonds is 2. The summed E-state index contributed by atoms with van der Waals surface area (Å²) in [6.45, 7) is 7.76. The lowest BCUT2D eigenvalue weighted by Crippen LogP contribution is -2.15. The van der Waals surface area contributed by atoms with Gasteiger partial charge in [-0.3, -0.25) is 4.79 Å².